The molecule has 0 bridgehead atoms. The van der Waals surface area contributed by atoms with E-state index in [4.69, 9.17) is 0 Å². The van der Waals surface area contributed by atoms with Gasteiger partial charge in [-0.2, -0.15) is 0 Å². The fourth-order valence-corrected chi connectivity index (χ4v) is 3.27. The number of hydrogen-bond donors (Lipinski definition) is 1. The lowest BCUT2D eigenvalue weighted by molar-refractivity contribution is -0.132. The Bertz CT molecular complexity index is 817. The number of carbonyl (C=O) groups excluding carboxylic acids is 1. The van der Waals surface area contributed by atoms with Gasteiger partial charge in [0.1, 0.15) is 11.6 Å². The van der Waals surface area contributed by atoms with E-state index in [1.807, 2.05) is 24.9 Å². The van der Waals surface area contributed by atoms with Crippen molar-refractivity contribution in [3.05, 3.63) is 52.3 Å². The first-order valence-corrected chi connectivity index (χ1v) is 8.57. The lowest BCUT2D eigenvalue weighted by Crippen LogP contribution is -2.32. The SMILES string of the molecule is CNc1cc(C2CCCN2C(=O)CCn2ccccc2=O)nc(C)n1. The summed E-state index contributed by atoms with van der Waals surface area (Å²) in [6.45, 7) is 2.98. The number of pyridine rings is 1. The molecule has 1 aliphatic rings. The van der Waals surface area contributed by atoms with Crippen molar-refractivity contribution in [1.29, 1.82) is 0 Å². The predicted molar refractivity (Wildman–Crippen MR) is 95.3 cm³/mol. The third-order valence-corrected chi connectivity index (χ3v) is 4.49. The van der Waals surface area contributed by atoms with E-state index in [9.17, 15) is 9.59 Å². The largest absolute Gasteiger partial charge is 0.373 e. The summed E-state index contributed by atoms with van der Waals surface area (Å²) in [7, 11) is 1.82. The van der Waals surface area contributed by atoms with Gasteiger partial charge in [-0.05, 0) is 25.8 Å². The van der Waals surface area contributed by atoms with E-state index in [0.717, 1.165) is 30.9 Å². The Morgan fingerprint density at radius 3 is 2.96 bits per heavy atom. The molecule has 3 heterocycles. The maximum absolute atomic E-state index is 12.7. The molecular formula is C18H23N5O2. The first-order chi connectivity index (χ1) is 12.1. The van der Waals surface area contributed by atoms with Crippen LogP contribution in [0.2, 0.25) is 0 Å². The van der Waals surface area contributed by atoms with Crippen molar-refractivity contribution >= 4 is 11.7 Å². The summed E-state index contributed by atoms with van der Waals surface area (Å²) in [5.41, 5.74) is 0.790. The fraction of sp³-hybridized carbons (Fsp3) is 0.444. The highest BCUT2D eigenvalue weighted by Crippen LogP contribution is 2.32. The molecule has 7 nitrogen and oxygen atoms in total. The Morgan fingerprint density at radius 1 is 1.36 bits per heavy atom. The van der Waals surface area contributed by atoms with Gasteiger partial charge >= 0.3 is 0 Å². The number of nitrogens with one attached hydrogen (secondary N) is 1. The van der Waals surface area contributed by atoms with E-state index >= 15 is 0 Å². The topological polar surface area (TPSA) is 80.1 Å². The lowest BCUT2D eigenvalue weighted by atomic mass is 10.1. The van der Waals surface area contributed by atoms with Gasteiger partial charge in [-0.3, -0.25) is 9.59 Å². The van der Waals surface area contributed by atoms with Crippen LogP contribution >= 0.6 is 0 Å². The van der Waals surface area contributed by atoms with Crippen LogP contribution in [0.4, 0.5) is 5.82 Å². The summed E-state index contributed by atoms with van der Waals surface area (Å²) in [6.07, 6.45) is 3.88. The second-order valence-electron chi connectivity index (χ2n) is 6.20. The van der Waals surface area contributed by atoms with Crippen LogP contribution in [0.1, 0.15) is 36.8 Å². The average molecular weight is 341 g/mol. The molecule has 2 aromatic heterocycles. The van der Waals surface area contributed by atoms with Crippen LogP contribution in [0.3, 0.4) is 0 Å². The van der Waals surface area contributed by atoms with Gasteiger partial charge in [0, 0.05) is 44.9 Å². The second kappa shape index (κ2) is 7.46. The van der Waals surface area contributed by atoms with Gasteiger partial charge in [-0.1, -0.05) is 6.07 Å². The summed E-state index contributed by atoms with van der Waals surface area (Å²) in [5, 5.41) is 3.04. The number of anilines is 1. The Kier molecular flexibility index (Phi) is 5.11. The number of nitrogens with zero attached hydrogens (tertiary/aromatic N) is 4. The van der Waals surface area contributed by atoms with E-state index in [1.54, 1.807) is 22.9 Å². The van der Waals surface area contributed by atoms with E-state index in [0.29, 0.717) is 18.8 Å². The molecule has 1 saturated heterocycles. The molecule has 25 heavy (non-hydrogen) atoms. The van der Waals surface area contributed by atoms with Crippen molar-refractivity contribution in [3.63, 3.8) is 0 Å². The highest BCUT2D eigenvalue weighted by molar-refractivity contribution is 5.77. The number of aromatic nitrogens is 3. The van der Waals surface area contributed by atoms with Gasteiger partial charge in [-0.25, -0.2) is 9.97 Å². The third-order valence-electron chi connectivity index (χ3n) is 4.49. The monoisotopic (exact) mass is 341 g/mol. The minimum absolute atomic E-state index is 0.0196. The minimum atomic E-state index is -0.0849. The molecule has 1 fully saturated rings. The molecule has 0 aromatic carbocycles. The molecule has 7 heteroatoms. The van der Waals surface area contributed by atoms with E-state index in [2.05, 4.69) is 15.3 Å². The first-order valence-electron chi connectivity index (χ1n) is 8.57. The molecule has 1 aliphatic heterocycles. The standard InChI is InChI=1S/C18H23N5O2/c1-13-20-14(12-16(19-2)21-13)15-6-5-10-23(15)18(25)8-11-22-9-4-3-7-17(22)24/h3-4,7,9,12,15H,5-6,8,10-11H2,1-2H3,(H,19,20,21). The molecule has 1 N–H and O–H groups in total. The second-order valence-corrected chi connectivity index (χ2v) is 6.20. The van der Waals surface area contributed by atoms with Crippen molar-refractivity contribution in [2.45, 2.75) is 38.8 Å². The normalized spacial score (nSPS) is 16.9. The summed E-state index contributed by atoms with van der Waals surface area (Å²) < 4.78 is 1.57. The van der Waals surface area contributed by atoms with Gasteiger partial charge in [-0.15, -0.1) is 0 Å². The zero-order valence-corrected chi connectivity index (χ0v) is 14.6. The summed E-state index contributed by atoms with van der Waals surface area (Å²) in [4.78, 5) is 35.2. The van der Waals surface area contributed by atoms with E-state index in [1.165, 1.54) is 6.07 Å². The molecule has 0 spiro atoms. The van der Waals surface area contributed by atoms with Crippen LogP contribution in [0.25, 0.3) is 0 Å². The molecule has 2 aromatic rings. The van der Waals surface area contributed by atoms with Crippen LogP contribution in [-0.4, -0.2) is 38.9 Å². The molecule has 1 atom stereocenters. The van der Waals surface area contributed by atoms with Crippen molar-refractivity contribution in [3.8, 4) is 0 Å². The van der Waals surface area contributed by atoms with Crippen LogP contribution in [0.5, 0.6) is 0 Å². The summed E-state index contributed by atoms with van der Waals surface area (Å²) >= 11 is 0. The van der Waals surface area contributed by atoms with Crippen LogP contribution < -0.4 is 10.9 Å². The number of carbonyl (C=O) groups is 1. The van der Waals surface area contributed by atoms with Gasteiger partial charge in [0.25, 0.3) is 5.56 Å². The molecule has 1 unspecified atom stereocenters. The van der Waals surface area contributed by atoms with Crippen LogP contribution in [0, 0.1) is 6.92 Å². The summed E-state index contributed by atoms with van der Waals surface area (Å²) in [6, 6.07) is 6.90. The predicted octanol–water partition coefficient (Wildman–Crippen LogP) is 1.74. The molecule has 0 radical (unpaired) electrons. The average Bonchev–Trinajstić information content (AvgIpc) is 3.10. The molecule has 0 aliphatic carbocycles. The number of amides is 1. The Hall–Kier alpha value is -2.70. The summed E-state index contributed by atoms with van der Waals surface area (Å²) in [5.74, 6) is 1.51. The van der Waals surface area contributed by atoms with E-state index in [-0.39, 0.29) is 17.5 Å². The quantitative estimate of drug-likeness (QED) is 0.896. The minimum Gasteiger partial charge on any atom is -0.373 e. The molecule has 3 rings (SSSR count). The maximum atomic E-state index is 12.7. The highest BCUT2D eigenvalue weighted by Gasteiger charge is 2.31. The fourth-order valence-electron chi connectivity index (χ4n) is 3.27. The molecular weight excluding hydrogens is 318 g/mol. The van der Waals surface area contributed by atoms with Crippen molar-refractivity contribution < 1.29 is 4.79 Å². The maximum Gasteiger partial charge on any atom is 0.250 e. The van der Waals surface area contributed by atoms with Gasteiger partial charge < -0.3 is 14.8 Å². The molecule has 0 saturated carbocycles. The first kappa shape index (κ1) is 17.1. The highest BCUT2D eigenvalue weighted by atomic mass is 16.2. The number of hydrogen-bond acceptors (Lipinski definition) is 5. The van der Waals surface area contributed by atoms with Gasteiger partial charge in [0.2, 0.25) is 5.91 Å². The Balaban J connectivity index is 1.73. The third kappa shape index (κ3) is 3.87. The van der Waals surface area contributed by atoms with Crippen molar-refractivity contribution in [2.75, 3.05) is 18.9 Å². The van der Waals surface area contributed by atoms with Crippen LogP contribution in [-0.2, 0) is 11.3 Å². The van der Waals surface area contributed by atoms with Gasteiger partial charge in [0.15, 0.2) is 0 Å². The van der Waals surface area contributed by atoms with Crippen molar-refractivity contribution in [1.82, 2.24) is 19.4 Å². The van der Waals surface area contributed by atoms with E-state index < -0.39 is 0 Å². The number of likely N-dealkylation sites (tertiary alicyclic amines) is 1. The number of rotatable bonds is 5. The molecule has 132 valence electrons. The zero-order chi connectivity index (χ0) is 17.8. The Labute approximate surface area is 146 Å². The van der Waals surface area contributed by atoms with Gasteiger partial charge in [0.05, 0.1) is 11.7 Å². The zero-order valence-electron chi connectivity index (χ0n) is 14.6. The smallest absolute Gasteiger partial charge is 0.250 e. The Morgan fingerprint density at radius 2 is 2.20 bits per heavy atom. The molecule has 1 amide bonds. The van der Waals surface area contributed by atoms with Crippen LogP contribution in [0.15, 0.2) is 35.3 Å². The number of aryl methyl sites for hydroxylation is 2. The van der Waals surface area contributed by atoms with Crippen molar-refractivity contribution in [2.24, 2.45) is 0 Å². The lowest BCUT2D eigenvalue weighted by Gasteiger charge is -2.25.